The van der Waals surface area contributed by atoms with Gasteiger partial charge in [0.1, 0.15) is 0 Å². The van der Waals surface area contributed by atoms with Gasteiger partial charge < -0.3 is 9.73 Å². The number of halogens is 1. The molecule has 1 aromatic heterocycles. The molecule has 24 heavy (non-hydrogen) atoms. The van der Waals surface area contributed by atoms with Gasteiger partial charge in [0.05, 0.1) is 12.1 Å². The normalized spacial score (nSPS) is 19.7. The van der Waals surface area contributed by atoms with Crippen molar-refractivity contribution in [1.82, 2.24) is 14.8 Å². The number of nitrogens with zero attached hydrogens (tertiary/aromatic N) is 2. The zero-order chi connectivity index (χ0) is 16.7. The molecule has 0 bridgehead atoms. The number of carbonyl (C=O) groups excluding carboxylic acids is 1. The third-order valence-electron chi connectivity index (χ3n) is 4.81. The summed E-state index contributed by atoms with van der Waals surface area (Å²) in [6, 6.07) is 5.71. The van der Waals surface area contributed by atoms with E-state index in [1.54, 1.807) is 22.8 Å². The van der Waals surface area contributed by atoms with E-state index in [-0.39, 0.29) is 17.7 Å². The van der Waals surface area contributed by atoms with Crippen LogP contribution in [0, 0.1) is 0 Å². The van der Waals surface area contributed by atoms with E-state index < -0.39 is 0 Å². The molecule has 7 heteroatoms. The highest BCUT2D eigenvalue weighted by molar-refractivity contribution is 6.31. The van der Waals surface area contributed by atoms with Crippen LogP contribution < -0.4 is 11.1 Å². The largest absolute Gasteiger partial charge is 0.420 e. The first-order chi connectivity index (χ1) is 11.6. The Balaban J connectivity index is 1.44. The van der Waals surface area contributed by atoms with E-state index in [2.05, 4.69) is 10.2 Å². The third-order valence-corrected chi connectivity index (χ3v) is 5.04. The molecule has 1 saturated carbocycles. The molecule has 1 aliphatic carbocycles. The number of oxazole rings is 1. The number of likely N-dealkylation sites (tertiary alicyclic amines) is 1. The van der Waals surface area contributed by atoms with Crippen LogP contribution in [0.1, 0.15) is 31.7 Å². The summed E-state index contributed by atoms with van der Waals surface area (Å²) in [6.45, 7) is 2.03. The lowest BCUT2D eigenvalue weighted by Crippen LogP contribution is -2.43. The lowest BCUT2D eigenvalue weighted by atomic mass is 10.0. The number of piperidine rings is 1. The first-order valence-corrected chi connectivity index (χ1v) is 8.80. The maximum atomic E-state index is 12.2. The molecule has 128 valence electrons. The predicted molar refractivity (Wildman–Crippen MR) is 91.4 cm³/mol. The fourth-order valence-corrected chi connectivity index (χ4v) is 3.56. The molecule has 1 saturated heterocycles. The third kappa shape index (κ3) is 3.21. The number of carbonyl (C=O) groups is 1. The van der Waals surface area contributed by atoms with Crippen LogP contribution >= 0.6 is 11.6 Å². The van der Waals surface area contributed by atoms with Gasteiger partial charge in [-0.1, -0.05) is 11.6 Å². The average Bonchev–Trinajstić information content (AvgIpc) is 3.29. The van der Waals surface area contributed by atoms with Gasteiger partial charge in [-0.15, -0.1) is 0 Å². The number of benzene rings is 1. The predicted octanol–water partition coefficient (Wildman–Crippen LogP) is 2.16. The molecule has 2 aliphatic rings. The van der Waals surface area contributed by atoms with E-state index in [4.69, 9.17) is 16.0 Å². The van der Waals surface area contributed by atoms with Crippen molar-refractivity contribution in [2.45, 2.75) is 37.8 Å². The van der Waals surface area contributed by atoms with Crippen LogP contribution in [0.15, 0.2) is 27.4 Å². The minimum Gasteiger partial charge on any atom is -0.408 e. The van der Waals surface area contributed by atoms with Gasteiger partial charge in [0.25, 0.3) is 0 Å². The average molecular weight is 350 g/mol. The summed E-state index contributed by atoms with van der Waals surface area (Å²) in [7, 11) is 0. The van der Waals surface area contributed by atoms with E-state index in [1.165, 1.54) is 0 Å². The zero-order valence-electron chi connectivity index (χ0n) is 13.3. The summed E-state index contributed by atoms with van der Waals surface area (Å²) in [5.41, 5.74) is 1.31. The van der Waals surface area contributed by atoms with Gasteiger partial charge in [0.15, 0.2) is 5.58 Å². The van der Waals surface area contributed by atoms with Gasteiger partial charge in [-0.2, -0.15) is 0 Å². The highest BCUT2D eigenvalue weighted by Crippen LogP contribution is 2.27. The first kappa shape index (κ1) is 15.7. The van der Waals surface area contributed by atoms with Gasteiger partial charge in [0, 0.05) is 30.2 Å². The molecule has 1 aromatic carbocycles. The molecule has 1 amide bonds. The van der Waals surface area contributed by atoms with Gasteiger partial charge >= 0.3 is 5.76 Å². The van der Waals surface area contributed by atoms with Crippen LogP contribution in [0.3, 0.4) is 0 Å². The van der Waals surface area contributed by atoms with Gasteiger partial charge in [0.2, 0.25) is 5.91 Å². The van der Waals surface area contributed by atoms with Gasteiger partial charge in [-0.3, -0.25) is 14.3 Å². The molecule has 0 spiro atoms. The summed E-state index contributed by atoms with van der Waals surface area (Å²) in [5.74, 6) is -0.231. The Labute approximate surface area is 144 Å². The number of aromatic nitrogens is 1. The van der Waals surface area contributed by atoms with Gasteiger partial charge in [-0.25, -0.2) is 4.79 Å². The number of hydrogen-bond donors (Lipinski definition) is 1. The number of amides is 1. The second-order valence-electron chi connectivity index (χ2n) is 6.70. The molecular weight excluding hydrogens is 330 g/mol. The van der Waals surface area contributed by atoms with Crippen molar-refractivity contribution in [1.29, 1.82) is 0 Å². The molecule has 2 fully saturated rings. The van der Waals surface area contributed by atoms with Crippen molar-refractivity contribution in [3.63, 3.8) is 0 Å². The molecule has 0 radical (unpaired) electrons. The van der Waals surface area contributed by atoms with Crippen LogP contribution in [0.2, 0.25) is 5.02 Å². The number of nitrogens with one attached hydrogen (secondary N) is 1. The van der Waals surface area contributed by atoms with Crippen molar-refractivity contribution in [3.05, 3.63) is 33.8 Å². The molecule has 1 aliphatic heterocycles. The van der Waals surface area contributed by atoms with E-state index in [0.29, 0.717) is 23.2 Å². The number of hydrogen-bond acceptors (Lipinski definition) is 4. The SMILES string of the molecule is O=C(CN1CCC(n2c(=O)oc3ccc(Cl)cc32)CC1)NC1CC1. The highest BCUT2D eigenvalue weighted by atomic mass is 35.5. The summed E-state index contributed by atoms with van der Waals surface area (Å²) in [6.07, 6.45) is 3.84. The molecule has 0 atom stereocenters. The van der Waals surface area contributed by atoms with E-state index in [0.717, 1.165) is 44.3 Å². The molecule has 6 nitrogen and oxygen atoms in total. The molecule has 2 heterocycles. The molecule has 4 rings (SSSR count). The maximum Gasteiger partial charge on any atom is 0.420 e. The Bertz CT molecular complexity index is 816. The Hall–Kier alpha value is -1.79. The Morgan fingerprint density at radius 3 is 2.71 bits per heavy atom. The lowest BCUT2D eigenvalue weighted by Gasteiger charge is -2.31. The topological polar surface area (TPSA) is 67.5 Å². The van der Waals surface area contributed by atoms with Crippen LogP contribution in [0.4, 0.5) is 0 Å². The van der Waals surface area contributed by atoms with Crippen molar-refractivity contribution in [2.24, 2.45) is 0 Å². The lowest BCUT2D eigenvalue weighted by molar-refractivity contribution is -0.122. The summed E-state index contributed by atoms with van der Waals surface area (Å²) in [4.78, 5) is 26.3. The first-order valence-electron chi connectivity index (χ1n) is 8.42. The smallest absolute Gasteiger partial charge is 0.408 e. The minimum absolute atomic E-state index is 0.0833. The van der Waals surface area contributed by atoms with Crippen molar-refractivity contribution in [2.75, 3.05) is 19.6 Å². The maximum absolute atomic E-state index is 12.2. The molecule has 2 aromatic rings. The zero-order valence-corrected chi connectivity index (χ0v) is 14.1. The fraction of sp³-hybridized carbons (Fsp3) is 0.529. The van der Waals surface area contributed by atoms with Crippen molar-refractivity contribution in [3.8, 4) is 0 Å². The van der Waals surface area contributed by atoms with Gasteiger partial charge in [-0.05, 0) is 43.9 Å². The molecule has 1 N–H and O–H groups in total. The highest BCUT2D eigenvalue weighted by Gasteiger charge is 2.27. The summed E-state index contributed by atoms with van der Waals surface area (Å²) in [5, 5.41) is 3.60. The Morgan fingerprint density at radius 2 is 2.00 bits per heavy atom. The Kier molecular flexibility index (Phi) is 4.10. The summed E-state index contributed by atoms with van der Waals surface area (Å²) < 4.78 is 7.03. The summed E-state index contributed by atoms with van der Waals surface area (Å²) >= 11 is 6.06. The van der Waals surface area contributed by atoms with Crippen LogP contribution in [-0.2, 0) is 4.79 Å². The standard InChI is InChI=1S/C17H20ClN3O3/c18-11-1-4-15-14(9-11)21(17(23)24-15)13-5-7-20(8-6-13)10-16(22)19-12-2-3-12/h1,4,9,12-13H,2-3,5-8,10H2,(H,19,22). The second kappa shape index (κ2) is 6.26. The quantitative estimate of drug-likeness (QED) is 0.918. The monoisotopic (exact) mass is 349 g/mol. The van der Waals surface area contributed by atoms with Crippen LogP contribution in [0.5, 0.6) is 0 Å². The van der Waals surface area contributed by atoms with Crippen LogP contribution in [0.25, 0.3) is 11.1 Å². The number of rotatable bonds is 4. The van der Waals surface area contributed by atoms with Crippen molar-refractivity contribution >= 4 is 28.6 Å². The van der Waals surface area contributed by atoms with E-state index in [9.17, 15) is 9.59 Å². The Morgan fingerprint density at radius 1 is 1.25 bits per heavy atom. The second-order valence-corrected chi connectivity index (χ2v) is 7.14. The van der Waals surface area contributed by atoms with Crippen LogP contribution in [-0.4, -0.2) is 41.1 Å². The van der Waals surface area contributed by atoms with E-state index in [1.807, 2.05) is 0 Å². The van der Waals surface area contributed by atoms with Crippen molar-refractivity contribution < 1.29 is 9.21 Å². The van der Waals surface area contributed by atoms with E-state index >= 15 is 0 Å². The molecule has 0 unspecified atom stereocenters. The fourth-order valence-electron chi connectivity index (χ4n) is 3.39. The molecular formula is C17H20ClN3O3. The number of fused-ring (bicyclic) bond motifs is 1. The minimum atomic E-state index is -0.336.